The van der Waals surface area contributed by atoms with Gasteiger partial charge in [-0.25, -0.2) is 4.90 Å². The molecule has 1 heterocycles. The molecule has 6 aliphatic rings. The summed E-state index contributed by atoms with van der Waals surface area (Å²) in [5.41, 5.74) is 6.77. The molecule has 1 aliphatic heterocycles. The highest BCUT2D eigenvalue weighted by molar-refractivity contribution is 9.10. The highest BCUT2D eigenvalue weighted by Crippen LogP contribution is 2.60. The van der Waals surface area contributed by atoms with Crippen LogP contribution in [-0.4, -0.2) is 18.0 Å². The van der Waals surface area contributed by atoms with E-state index < -0.39 is 17.3 Å². The van der Waals surface area contributed by atoms with Crippen LogP contribution in [0.25, 0.3) is 0 Å². The Morgan fingerprint density at radius 2 is 1.66 bits per heavy atom. The highest BCUT2D eigenvalue weighted by Gasteiger charge is 2.65. The first kappa shape index (κ1) is 23.3. The van der Waals surface area contributed by atoms with Gasteiger partial charge in [-0.1, -0.05) is 88.2 Å². The van der Waals surface area contributed by atoms with E-state index in [1.54, 1.807) is 0 Å². The maximum absolute atomic E-state index is 14.6. The van der Waals surface area contributed by atoms with E-state index in [-0.39, 0.29) is 17.7 Å². The van der Waals surface area contributed by atoms with Crippen LogP contribution in [0.4, 0.5) is 11.4 Å². The normalized spacial score (nSPS) is 25.0. The first-order valence-corrected chi connectivity index (χ1v) is 13.6. The van der Waals surface area contributed by atoms with E-state index in [1.165, 1.54) is 4.90 Å². The van der Waals surface area contributed by atoms with E-state index in [4.69, 9.17) is 4.99 Å². The lowest BCUT2D eigenvalue weighted by atomic mass is 9.52. The second-order valence-corrected chi connectivity index (χ2v) is 11.5. The predicted octanol–water partition coefficient (Wildman–Crippen LogP) is 7.02. The average Bonchev–Trinajstić information content (AvgIpc) is 3.15. The van der Waals surface area contributed by atoms with Gasteiger partial charge in [0.15, 0.2) is 0 Å². The minimum absolute atomic E-state index is 0.130. The lowest BCUT2D eigenvalue weighted by Gasteiger charge is -2.48. The van der Waals surface area contributed by atoms with Crippen LogP contribution in [0, 0.1) is 25.7 Å². The molecule has 10 rings (SSSR count). The van der Waals surface area contributed by atoms with Crippen molar-refractivity contribution in [2.24, 2.45) is 16.8 Å². The first-order chi connectivity index (χ1) is 18.4. The molecule has 4 aromatic carbocycles. The summed E-state index contributed by atoms with van der Waals surface area (Å²) in [6.07, 6.45) is 1.93. The van der Waals surface area contributed by atoms with Gasteiger partial charge in [0.1, 0.15) is 0 Å². The fraction of sp³-hybridized carbons (Fsp3) is 0.182. The van der Waals surface area contributed by atoms with Crippen LogP contribution in [0.3, 0.4) is 0 Å². The van der Waals surface area contributed by atoms with Gasteiger partial charge in [0.05, 0.1) is 28.6 Å². The van der Waals surface area contributed by atoms with Crippen LogP contribution >= 0.6 is 15.9 Å². The number of carbonyl (C=O) groups is 2. The molecular formula is C33H25BrN2O2. The number of hydrogen-bond acceptors (Lipinski definition) is 3. The molecule has 0 saturated carbocycles. The number of halogens is 1. The van der Waals surface area contributed by atoms with Crippen molar-refractivity contribution in [2.45, 2.75) is 25.2 Å². The van der Waals surface area contributed by atoms with E-state index in [2.05, 4.69) is 52.3 Å². The summed E-state index contributed by atoms with van der Waals surface area (Å²) in [4.78, 5) is 35.4. The number of amides is 2. The van der Waals surface area contributed by atoms with Crippen LogP contribution in [0.1, 0.15) is 39.3 Å². The number of aliphatic imine (C=N–C) groups is 1. The summed E-state index contributed by atoms with van der Waals surface area (Å²) in [5.74, 6) is -1.62. The number of aryl methyl sites for hydroxylation is 2. The molecule has 1 fully saturated rings. The Morgan fingerprint density at radius 3 is 2.42 bits per heavy atom. The van der Waals surface area contributed by atoms with Crippen molar-refractivity contribution in [3.63, 3.8) is 0 Å². The standard InChI is InChI=1S/C33H25BrN2O2/c1-19-10-15-27(20(2)16-19)36-31(37)29-28-21-11-13-22(14-12-21)33(30(29)32(36)38,26-9-4-3-8-25(26)28)18-35-24-7-5-6-23(34)17-24/h3-18,28-30H,1-2H3/t28-,29+,30-,33-/m0/s1. The SMILES string of the molecule is Cc1ccc(N2C(=O)[C@@H]3[C@H]4c5ccc(cc5)[C@@](C=Nc5cccc(Br)c5)(c5ccccc54)[C@@H]3C2=O)c(C)c1. The fourth-order valence-corrected chi connectivity index (χ4v) is 7.34. The molecule has 0 spiro atoms. The van der Waals surface area contributed by atoms with Gasteiger partial charge in [-0.05, 0) is 65.9 Å². The Hall–Kier alpha value is -3.83. The lowest BCUT2D eigenvalue weighted by Crippen LogP contribution is -2.51. The van der Waals surface area contributed by atoms with E-state index in [1.807, 2.05) is 74.7 Å². The van der Waals surface area contributed by atoms with E-state index >= 15 is 0 Å². The molecule has 0 unspecified atom stereocenters. The third-order valence-electron chi connectivity index (χ3n) is 8.51. The number of carbonyl (C=O) groups excluding carboxylic acids is 2. The Balaban J connectivity index is 1.52. The topological polar surface area (TPSA) is 49.7 Å². The summed E-state index contributed by atoms with van der Waals surface area (Å²) in [6, 6.07) is 30.4. The molecule has 4 aromatic rings. The number of benzene rings is 4. The third kappa shape index (κ3) is 3.11. The van der Waals surface area contributed by atoms with Crippen molar-refractivity contribution in [3.8, 4) is 0 Å². The van der Waals surface area contributed by atoms with Crippen molar-refractivity contribution in [2.75, 3.05) is 4.90 Å². The van der Waals surface area contributed by atoms with Gasteiger partial charge in [-0.15, -0.1) is 0 Å². The first-order valence-electron chi connectivity index (χ1n) is 12.9. The van der Waals surface area contributed by atoms with Gasteiger partial charge >= 0.3 is 0 Å². The van der Waals surface area contributed by atoms with Gasteiger partial charge in [0.2, 0.25) is 11.8 Å². The number of nitrogens with zero attached hydrogens (tertiary/aromatic N) is 2. The van der Waals surface area contributed by atoms with Gasteiger partial charge < -0.3 is 0 Å². The quantitative estimate of drug-likeness (QED) is 0.199. The Kier molecular flexibility index (Phi) is 5.11. The molecule has 38 heavy (non-hydrogen) atoms. The summed E-state index contributed by atoms with van der Waals surface area (Å²) in [7, 11) is 0. The minimum atomic E-state index is -0.890. The largest absolute Gasteiger partial charge is 0.274 e. The summed E-state index contributed by atoms with van der Waals surface area (Å²) < 4.78 is 0.932. The van der Waals surface area contributed by atoms with Crippen molar-refractivity contribution in [1.82, 2.24) is 0 Å². The monoisotopic (exact) mass is 560 g/mol. The number of rotatable bonds is 3. The third-order valence-corrected chi connectivity index (χ3v) is 9.00. The lowest BCUT2D eigenvalue weighted by molar-refractivity contribution is -0.122. The molecule has 5 heteroatoms. The molecule has 0 aromatic heterocycles. The fourth-order valence-electron chi connectivity index (χ4n) is 6.95. The molecule has 2 amide bonds. The smallest absolute Gasteiger partial charge is 0.239 e. The highest BCUT2D eigenvalue weighted by atomic mass is 79.9. The van der Waals surface area contributed by atoms with Crippen LogP contribution < -0.4 is 4.90 Å². The van der Waals surface area contributed by atoms with Crippen molar-refractivity contribution in [1.29, 1.82) is 0 Å². The predicted molar refractivity (Wildman–Crippen MR) is 153 cm³/mol. The molecule has 5 aliphatic carbocycles. The van der Waals surface area contributed by atoms with Crippen LogP contribution in [-0.2, 0) is 15.0 Å². The van der Waals surface area contributed by atoms with Crippen molar-refractivity contribution >= 4 is 45.3 Å². The Morgan fingerprint density at radius 1 is 0.868 bits per heavy atom. The summed E-state index contributed by atoms with van der Waals surface area (Å²) in [6.45, 7) is 3.98. The van der Waals surface area contributed by atoms with Crippen molar-refractivity contribution in [3.05, 3.63) is 129 Å². The second kappa shape index (κ2) is 8.34. The maximum Gasteiger partial charge on any atom is 0.239 e. The Bertz CT molecular complexity index is 1670. The average molecular weight is 561 g/mol. The van der Waals surface area contributed by atoms with Crippen LogP contribution in [0.2, 0.25) is 0 Å². The molecule has 4 nitrogen and oxygen atoms in total. The molecular weight excluding hydrogens is 536 g/mol. The van der Waals surface area contributed by atoms with Gasteiger partial charge in [0, 0.05) is 16.6 Å². The van der Waals surface area contributed by atoms with Gasteiger partial charge in [-0.2, -0.15) is 0 Å². The molecule has 4 bridgehead atoms. The minimum Gasteiger partial charge on any atom is -0.274 e. The zero-order valence-electron chi connectivity index (χ0n) is 21.1. The van der Waals surface area contributed by atoms with Gasteiger partial charge in [0.25, 0.3) is 0 Å². The van der Waals surface area contributed by atoms with E-state index in [0.29, 0.717) is 5.69 Å². The zero-order valence-corrected chi connectivity index (χ0v) is 22.6. The van der Waals surface area contributed by atoms with Crippen LogP contribution in [0.15, 0.2) is 100 Å². The van der Waals surface area contributed by atoms with Gasteiger partial charge in [-0.3, -0.25) is 14.6 Å². The molecule has 0 radical (unpaired) electrons. The second-order valence-electron chi connectivity index (χ2n) is 10.6. The van der Waals surface area contributed by atoms with Crippen molar-refractivity contribution < 1.29 is 9.59 Å². The molecule has 0 N–H and O–H groups in total. The molecule has 186 valence electrons. The van der Waals surface area contributed by atoms with E-state index in [9.17, 15) is 9.59 Å². The number of anilines is 1. The maximum atomic E-state index is 14.6. The number of hydrogen-bond donors (Lipinski definition) is 0. The molecule has 4 atom stereocenters. The summed E-state index contributed by atoms with van der Waals surface area (Å²) >= 11 is 3.55. The van der Waals surface area contributed by atoms with E-state index in [0.717, 1.165) is 43.5 Å². The number of imide groups is 1. The molecule has 1 saturated heterocycles. The van der Waals surface area contributed by atoms with Crippen LogP contribution in [0.5, 0.6) is 0 Å². The Labute approximate surface area is 230 Å². The summed E-state index contributed by atoms with van der Waals surface area (Å²) in [5, 5.41) is 0. The zero-order chi connectivity index (χ0) is 26.2.